The van der Waals surface area contributed by atoms with Crippen molar-refractivity contribution in [3.8, 4) is 0 Å². The van der Waals surface area contributed by atoms with E-state index in [1.54, 1.807) is 0 Å². The van der Waals surface area contributed by atoms with E-state index in [2.05, 4.69) is 38.2 Å². The van der Waals surface area contributed by atoms with Gasteiger partial charge < -0.3 is 5.32 Å². The molecular weight excluding hydrogens is 222 g/mol. The quantitative estimate of drug-likeness (QED) is 0.745. The molecule has 0 aliphatic carbocycles. The maximum atomic E-state index is 12.3. The van der Waals surface area contributed by atoms with Crippen LogP contribution in [0.15, 0.2) is 24.3 Å². The summed E-state index contributed by atoms with van der Waals surface area (Å²) in [6, 6.07) is 8.13. The van der Waals surface area contributed by atoms with Gasteiger partial charge in [0.05, 0.1) is 0 Å². The van der Waals surface area contributed by atoms with Gasteiger partial charge in [0.25, 0.3) is 0 Å². The molecule has 1 aromatic carbocycles. The molecule has 2 nitrogen and oxygen atoms in total. The average Bonchev–Trinajstić information content (AvgIpc) is 2.43. The molecular formula is C16H25NO. The van der Waals surface area contributed by atoms with Crippen molar-refractivity contribution in [2.45, 2.75) is 39.5 Å². The topological polar surface area (TPSA) is 29.1 Å². The van der Waals surface area contributed by atoms with Gasteiger partial charge >= 0.3 is 0 Å². The highest BCUT2D eigenvalue weighted by Gasteiger charge is 2.17. The van der Waals surface area contributed by atoms with Crippen LogP contribution in [0.5, 0.6) is 0 Å². The third-order valence-electron chi connectivity index (χ3n) is 3.69. The second-order valence-corrected chi connectivity index (χ2v) is 4.96. The third kappa shape index (κ3) is 3.67. The summed E-state index contributed by atoms with van der Waals surface area (Å²) in [6.07, 6.45) is 2.01. The smallest absolute Gasteiger partial charge is 0.167 e. The first-order valence-corrected chi connectivity index (χ1v) is 6.92. The Morgan fingerprint density at radius 1 is 1.17 bits per heavy atom. The van der Waals surface area contributed by atoms with E-state index < -0.39 is 0 Å². The second-order valence-electron chi connectivity index (χ2n) is 4.96. The molecule has 1 rings (SSSR count). The zero-order valence-corrected chi connectivity index (χ0v) is 12.0. The Labute approximate surface area is 111 Å². The lowest BCUT2D eigenvalue weighted by molar-refractivity contribution is 0.0916. The van der Waals surface area contributed by atoms with Crippen LogP contribution in [0.25, 0.3) is 0 Å². The van der Waals surface area contributed by atoms with Crippen molar-refractivity contribution >= 4 is 5.78 Å². The Morgan fingerprint density at radius 2 is 1.78 bits per heavy atom. The van der Waals surface area contributed by atoms with Crippen LogP contribution in [0.3, 0.4) is 0 Å². The molecule has 2 atom stereocenters. The van der Waals surface area contributed by atoms with Gasteiger partial charge in [-0.2, -0.15) is 0 Å². The second kappa shape index (κ2) is 7.32. The lowest BCUT2D eigenvalue weighted by Crippen LogP contribution is -2.25. The van der Waals surface area contributed by atoms with Gasteiger partial charge in [-0.3, -0.25) is 4.79 Å². The molecule has 0 spiro atoms. The van der Waals surface area contributed by atoms with Gasteiger partial charge in [0.1, 0.15) is 0 Å². The minimum Gasteiger partial charge on any atom is -0.319 e. The Morgan fingerprint density at radius 3 is 2.22 bits per heavy atom. The summed E-state index contributed by atoms with van der Waals surface area (Å²) in [6.45, 7) is 7.21. The zero-order valence-electron chi connectivity index (χ0n) is 12.0. The number of hydrogen-bond acceptors (Lipinski definition) is 2. The first kappa shape index (κ1) is 14.9. The minimum absolute atomic E-state index is 0.0875. The predicted molar refractivity (Wildman–Crippen MR) is 77.2 cm³/mol. The number of ketones is 1. The fraction of sp³-hybridized carbons (Fsp3) is 0.562. The number of carbonyl (C=O) groups is 1. The summed E-state index contributed by atoms with van der Waals surface area (Å²) >= 11 is 0. The van der Waals surface area contributed by atoms with Crippen molar-refractivity contribution in [2.24, 2.45) is 5.92 Å². The van der Waals surface area contributed by atoms with Gasteiger partial charge in [-0.1, -0.05) is 45.0 Å². The molecule has 0 aliphatic rings. The average molecular weight is 247 g/mol. The van der Waals surface area contributed by atoms with Gasteiger partial charge in [0.2, 0.25) is 0 Å². The standard InChI is InChI=1S/C16H25NO/c1-5-12(3)14-7-9-15(10-8-14)16(18)13(6-2)11-17-4/h7-10,12-13,17H,5-6,11H2,1-4H3. The molecule has 1 aromatic rings. The monoisotopic (exact) mass is 247 g/mol. The van der Waals surface area contributed by atoms with Crippen LogP contribution < -0.4 is 5.32 Å². The van der Waals surface area contributed by atoms with Crippen LogP contribution >= 0.6 is 0 Å². The van der Waals surface area contributed by atoms with Gasteiger partial charge in [-0.05, 0) is 31.4 Å². The SMILES string of the molecule is CCC(CNC)C(=O)c1ccc(C(C)CC)cc1. The molecule has 2 unspecified atom stereocenters. The zero-order chi connectivity index (χ0) is 13.5. The number of Topliss-reactive ketones (excluding diaryl/α,β-unsaturated/α-hetero) is 1. The van der Waals surface area contributed by atoms with E-state index in [0.29, 0.717) is 5.92 Å². The van der Waals surface area contributed by atoms with Gasteiger partial charge in [0, 0.05) is 18.0 Å². The molecule has 0 fully saturated rings. The fourth-order valence-corrected chi connectivity index (χ4v) is 2.12. The summed E-state index contributed by atoms with van der Waals surface area (Å²) in [4.78, 5) is 12.3. The highest BCUT2D eigenvalue weighted by Crippen LogP contribution is 2.20. The normalized spacial score (nSPS) is 14.2. The summed E-state index contributed by atoms with van der Waals surface area (Å²) < 4.78 is 0. The highest BCUT2D eigenvalue weighted by molar-refractivity contribution is 5.98. The van der Waals surface area contributed by atoms with Crippen molar-refractivity contribution in [2.75, 3.05) is 13.6 Å². The Hall–Kier alpha value is -1.15. The van der Waals surface area contributed by atoms with Gasteiger partial charge in [-0.25, -0.2) is 0 Å². The minimum atomic E-state index is 0.0875. The first-order chi connectivity index (χ1) is 8.63. The molecule has 0 amide bonds. The Kier molecular flexibility index (Phi) is 6.06. The van der Waals surface area contributed by atoms with E-state index in [1.165, 1.54) is 5.56 Å². The Balaban J connectivity index is 2.81. The van der Waals surface area contributed by atoms with Gasteiger partial charge in [-0.15, -0.1) is 0 Å². The molecule has 0 saturated carbocycles. The van der Waals surface area contributed by atoms with Crippen molar-refractivity contribution < 1.29 is 4.79 Å². The molecule has 0 radical (unpaired) electrons. The number of carbonyl (C=O) groups excluding carboxylic acids is 1. The number of nitrogens with one attached hydrogen (secondary N) is 1. The number of hydrogen-bond donors (Lipinski definition) is 1. The molecule has 0 saturated heterocycles. The molecule has 2 heteroatoms. The third-order valence-corrected chi connectivity index (χ3v) is 3.69. The van der Waals surface area contributed by atoms with Crippen molar-refractivity contribution in [1.82, 2.24) is 5.32 Å². The molecule has 100 valence electrons. The van der Waals surface area contributed by atoms with Crippen LogP contribution in [0.1, 0.15) is 55.5 Å². The predicted octanol–water partition coefficient (Wildman–Crippen LogP) is 3.63. The molecule has 0 heterocycles. The summed E-state index contributed by atoms with van der Waals surface area (Å²) in [7, 11) is 1.89. The van der Waals surface area contributed by atoms with E-state index in [1.807, 2.05) is 19.2 Å². The van der Waals surface area contributed by atoms with E-state index >= 15 is 0 Å². The van der Waals surface area contributed by atoms with E-state index in [-0.39, 0.29) is 11.7 Å². The van der Waals surface area contributed by atoms with Crippen molar-refractivity contribution in [1.29, 1.82) is 0 Å². The maximum Gasteiger partial charge on any atom is 0.167 e. The highest BCUT2D eigenvalue weighted by atomic mass is 16.1. The largest absolute Gasteiger partial charge is 0.319 e. The van der Waals surface area contributed by atoms with Crippen molar-refractivity contribution in [3.63, 3.8) is 0 Å². The molecule has 0 bridgehead atoms. The van der Waals surface area contributed by atoms with E-state index in [9.17, 15) is 4.79 Å². The lowest BCUT2D eigenvalue weighted by atomic mass is 9.92. The Bertz CT molecular complexity index is 369. The fourth-order valence-electron chi connectivity index (χ4n) is 2.12. The van der Waals surface area contributed by atoms with Gasteiger partial charge in [0.15, 0.2) is 5.78 Å². The first-order valence-electron chi connectivity index (χ1n) is 6.92. The number of benzene rings is 1. The maximum absolute atomic E-state index is 12.3. The van der Waals surface area contributed by atoms with Crippen LogP contribution in [0, 0.1) is 5.92 Å². The van der Waals surface area contributed by atoms with Crippen molar-refractivity contribution in [3.05, 3.63) is 35.4 Å². The van der Waals surface area contributed by atoms with Crippen LogP contribution in [-0.4, -0.2) is 19.4 Å². The molecule has 18 heavy (non-hydrogen) atoms. The molecule has 0 aromatic heterocycles. The van der Waals surface area contributed by atoms with Crippen LogP contribution in [0.4, 0.5) is 0 Å². The molecule has 0 aliphatic heterocycles. The van der Waals surface area contributed by atoms with Crippen LogP contribution in [-0.2, 0) is 0 Å². The lowest BCUT2D eigenvalue weighted by Gasteiger charge is -2.14. The van der Waals surface area contributed by atoms with E-state index in [4.69, 9.17) is 0 Å². The molecule has 1 N–H and O–H groups in total. The number of rotatable bonds is 7. The van der Waals surface area contributed by atoms with E-state index in [0.717, 1.165) is 24.9 Å². The summed E-state index contributed by atoms with van der Waals surface area (Å²) in [5.41, 5.74) is 2.15. The van der Waals surface area contributed by atoms with Crippen LogP contribution in [0.2, 0.25) is 0 Å². The summed E-state index contributed by atoms with van der Waals surface area (Å²) in [5.74, 6) is 0.903. The summed E-state index contributed by atoms with van der Waals surface area (Å²) in [5, 5.41) is 3.09.